The quantitative estimate of drug-likeness (QED) is 0.586. The molecule has 0 aliphatic rings. The van der Waals surface area contributed by atoms with E-state index in [2.05, 4.69) is 45.4 Å². The van der Waals surface area contributed by atoms with Gasteiger partial charge in [-0.15, -0.1) is 0 Å². The first-order chi connectivity index (χ1) is 6.02. The molecule has 1 unspecified atom stereocenters. The van der Waals surface area contributed by atoms with Gasteiger partial charge >= 0.3 is 0 Å². The molecule has 0 bridgehead atoms. The molecule has 1 rings (SSSR count). The number of Topliss-reactive ketones (excluding diaryl/α,β-unsaturated/α-hetero) is 1. The summed E-state index contributed by atoms with van der Waals surface area (Å²) in [6, 6.07) is 6.06. The minimum Gasteiger partial charge on any atom is -0.298 e. The molecule has 0 radical (unpaired) electrons. The van der Waals surface area contributed by atoms with Crippen LogP contribution in [0.15, 0.2) is 18.2 Å². The molecule has 1 nitrogen and oxygen atoms in total. The van der Waals surface area contributed by atoms with E-state index >= 15 is 0 Å². The van der Waals surface area contributed by atoms with Gasteiger partial charge in [-0.25, -0.2) is 0 Å². The fourth-order valence-electron chi connectivity index (χ4n) is 1.00. The van der Waals surface area contributed by atoms with Crippen LogP contribution in [0.2, 0.25) is 0 Å². The van der Waals surface area contributed by atoms with Gasteiger partial charge in [0.25, 0.3) is 0 Å². The van der Waals surface area contributed by atoms with Crippen molar-refractivity contribution in [1.82, 2.24) is 0 Å². The van der Waals surface area contributed by atoms with Crippen molar-refractivity contribution in [2.24, 2.45) is 0 Å². The van der Waals surface area contributed by atoms with Crippen LogP contribution in [0.3, 0.4) is 0 Å². The maximum atomic E-state index is 11.1. The van der Waals surface area contributed by atoms with E-state index in [4.69, 9.17) is 0 Å². The lowest BCUT2D eigenvalue weighted by Gasteiger charge is -2.07. The molecule has 0 spiro atoms. The van der Waals surface area contributed by atoms with Crippen LogP contribution in [0, 0.1) is 10.5 Å². The average Bonchev–Trinajstić information content (AvgIpc) is 2.08. The lowest BCUT2D eigenvalue weighted by Crippen LogP contribution is -2.01. The topological polar surface area (TPSA) is 17.1 Å². The van der Waals surface area contributed by atoms with Crippen molar-refractivity contribution in [3.63, 3.8) is 0 Å². The summed E-state index contributed by atoms with van der Waals surface area (Å²) in [5, 5.41) is 0. The second-order valence-corrected chi connectivity index (χ2v) is 5.06. The summed E-state index contributed by atoms with van der Waals surface area (Å²) in [6.45, 7) is 3.65. The highest BCUT2D eigenvalue weighted by molar-refractivity contribution is 14.1. The smallest absolute Gasteiger partial charge is 0.147 e. The van der Waals surface area contributed by atoms with E-state index in [9.17, 15) is 4.79 Å². The minimum atomic E-state index is -0.165. The molecule has 1 aromatic rings. The summed E-state index contributed by atoms with van der Waals surface area (Å²) in [6.07, 6.45) is 0. The normalized spacial score (nSPS) is 12.6. The van der Waals surface area contributed by atoms with Crippen molar-refractivity contribution in [2.45, 2.75) is 18.7 Å². The maximum Gasteiger partial charge on any atom is 0.147 e. The number of carbonyl (C=O) groups is 1. The van der Waals surface area contributed by atoms with Gasteiger partial charge in [0.05, 0.1) is 4.83 Å². The Morgan fingerprint density at radius 3 is 2.62 bits per heavy atom. The van der Waals surface area contributed by atoms with Gasteiger partial charge in [0.15, 0.2) is 0 Å². The third kappa shape index (κ3) is 2.77. The highest BCUT2D eigenvalue weighted by atomic mass is 127. The van der Waals surface area contributed by atoms with Crippen molar-refractivity contribution in [2.75, 3.05) is 0 Å². The first-order valence-electron chi connectivity index (χ1n) is 3.93. The number of carbonyl (C=O) groups excluding carboxylic acids is 1. The number of rotatable bonds is 2. The van der Waals surface area contributed by atoms with E-state index in [0.29, 0.717) is 0 Å². The first-order valence-corrected chi connectivity index (χ1v) is 5.92. The third-order valence-electron chi connectivity index (χ3n) is 1.85. The molecule has 0 heterocycles. The summed E-state index contributed by atoms with van der Waals surface area (Å²) >= 11 is 5.63. The maximum absolute atomic E-state index is 11.1. The molecule has 0 fully saturated rings. The van der Waals surface area contributed by atoms with Crippen LogP contribution in [0.25, 0.3) is 0 Å². The van der Waals surface area contributed by atoms with Crippen LogP contribution in [0.5, 0.6) is 0 Å². The molecular weight excluding hydrogens is 343 g/mol. The van der Waals surface area contributed by atoms with Gasteiger partial charge in [-0.3, -0.25) is 4.79 Å². The number of benzene rings is 1. The zero-order valence-electron chi connectivity index (χ0n) is 7.47. The Bertz CT molecular complexity index is 336. The Morgan fingerprint density at radius 1 is 1.54 bits per heavy atom. The van der Waals surface area contributed by atoms with Crippen LogP contribution in [-0.2, 0) is 4.79 Å². The van der Waals surface area contributed by atoms with Gasteiger partial charge < -0.3 is 0 Å². The Balaban J connectivity index is 3.03. The molecule has 3 heteroatoms. The monoisotopic (exact) mass is 352 g/mol. The van der Waals surface area contributed by atoms with E-state index in [1.807, 2.05) is 18.2 Å². The van der Waals surface area contributed by atoms with E-state index < -0.39 is 0 Å². The molecule has 0 amide bonds. The number of ketones is 1. The SMILES string of the molecule is CC(=O)C(Br)c1ccc(C)c(I)c1. The Morgan fingerprint density at radius 2 is 2.15 bits per heavy atom. The van der Waals surface area contributed by atoms with Crippen LogP contribution in [0.1, 0.15) is 22.9 Å². The lowest BCUT2D eigenvalue weighted by atomic mass is 10.1. The number of alkyl halides is 1. The highest BCUT2D eigenvalue weighted by Gasteiger charge is 2.12. The van der Waals surface area contributed by atoms with Crippen LogP contribution < -0.4 is 0 Å². The standard InChI is InChI=1S/C10H10BrIO/c1-6-3-4-8(5-9(6)12)10(11)7(2)13/h3-5,10H,1-2H3. The van der Waals surface area contributed by atoms with Crippen molar-refractivity contribution in [3.05, 3.63) is 32.9 Å². The van der Waals surface area contributed by atoms with Gasteiger partial charge in [-0.1, -0.05) is 28.1 Å². The summed E-state index contributed by atoms with van der Waals surface area (Å²) in [5.74, 6) is 0.139. The number of hydrogen-bond acceptors (Lipinski definition) is 1. The first kappa shape index (κ1) is 11.2. The van der Waals surface area contributed by atoms with Crippen molar-refractivity contribution in [3.8, 4) is 0 Å². The summed E-state index contributed by atoms with van der Waals surface area (Å²) < 4.78 is 1.20. The number of aryl methyl sites for hydroxylation is 1. The molecule has 0 aromatic heterocycles. The van der Waals surface area contributed by atoms with Crippen LogP contribution in [-0.4, -0.2) is 5.78 Å². The van der Waals surface area contributed by atoms with E-state index in [1.165, 1.54) is 9.13 Å². The van der Waals surface area contributed by atoms with Gasteiger partial charge in [0, 0.05) is 3.57 Å². The molecule has 1 atom stereocenters. The molecule has 0 N–H and O–H groups in total. The second-order valence-electron chi connectivity index (χ2n) is 2.98. The lowest BCUT2D eigenvalue weighted by molar-refractivity contribution is -0.116. The highest BCUT2D eigenvalue weighted by Crippen LogP contribution is 2.26. The summed E-state index contributed by atoms with van der Waals surface area (Å²) in [4.78, 5) is 10.9. The average molecular weight is 353 g/mol. The number of halogens is 2. The zero-order chi connectivity index (χ0) is 10.0. The van der Waals surface area contributed by atoms with E-state index in [1.54, 1.807) is 6.92 Å². The zero-order valence-corrected chi connectivity index (χ0v) is 11.2. The van der Waals surface area contributed by atoms with Gasteiger partial charge in [0.1, 0.15) is 5.78 Å². The van der Waals surface area contributed by atoms with Crippen molar-refractivity contribution in [1.29, 1.82) is 0 Å². The molecule has 0 aliphatic heterocycles. The van der Waals surface area contributed by atoms with Crippen LogP contribution in [0.4, 0.5) is 0 Å². The molecule has 0 aliphatic carbocycles. The van der Waals surface area contributed by atoms with Crippen molar-refractivity contribution >= 4 is 44.3 Å². The summed E-state index contributed by atoms with van der Waals surface area (Å²) in [5.41, 5.74) is 2.27. The molecule has 0 saturated heterocycles. The van der Waals surface area contributed by atoms with Gasteiger partial charge in [-0.2, -0.15) is 0 Å². The van der Waals surface area contributed by atoms with Gasteiger partial charge in [-0.05, 0) is 53.6 Å². The molecule has 0 saturated carbocycles. The van der Waals surface area contributed by atoms with Crippen LogP contribution >= 0.6 is 38.5 Å². The Kier molecular flexibility index (Phi) is 3.91. The third-order valence-corrected chi connectivity index (χ3v) is 4.18. The Labute approximate surface area is 100 Å². The largest absolute Gasteiger partial charge is 0.298 e. The molecule has 13 heavy (non-hydrogen) atoms. The fourth-order valence-corrected chi connectivity index (χ4v) is 1.83. The van der Waals surface area contributed by atoms with Crippen molar-refractivity contribution < 1.29 is 4.79 Å². The Hall–Kier alpha value is 0.100. The minimum absolute atomic E-state index is 0.139. The summed E-state index contributed by atoms with van der Waals surface area (Å²) in [7, 11) is 0. The fraction of sp³-hybridized carbons (Fsp3) is 0.300. The predicted octanol–water partition coefficient (Wildman–Crippen LogP) is 3.62. The van der Waals surface area contributed by atoms with Gasteiger partial charge in [0.2, 0.25) is 0 Å². The predicted molar refractivity (Wildman–Crippen MR) is 66.2 cm³/mol. The van der Waals surface area contributed by atoms with E-state index in [-0.39, 0.29) is 10.6 Å². The molecular formula is C10H10BrIO. The molecule has 1 aromatic carbocycles. The molecule has 70 valence electrons. The second kappa shape index (κ2) is 4.55. The number of hydrogen-bond donors (Lipinski definition) is 0. The van der Waals surface area contributed by atoms with E-state index in [0.717, 1.165) is 5.56 Å².